The molecule has 2 N–H and O–H groups in total. The van der Waals surface area contributed by atoms with E-state index in [9.17, 15) is 9.59 Å². The molecule has 0 heterocycles. The van der Waals surface area contributed by atoms with Crippen LogP contribution in [0.15, 0.2) is 0 Å². The van der Waals surface area contributed by atoms with Gasteiger partial charge in [-0.3, -0.25) is 9.59 Å². The van der Waals surface area contributed by atoms with Crippen molar-refractivity contribution in [3.8, 4) is 0 Å². The van der Waals surface area contributed by atoms with Gasteiger partial charge >= 0.3 is 5.97 Å². The standard InChI is InChI=1S/C12H23NO3/c1-4-5-6-9(2)7-11(8-12(15)16)13-10(3)14/h9,11H,4-8H2,1-3H3,(H,13,14)(H,15,16)/t9-,11+/m1/s1. The van der Waals surface area contributed by atoms with Crippen LogP contribution in [0, 0.1) is 5.92 Å². The maximum absolute atomic E-state index is 10.9. The van der Waals surface area contributed by atoms with Crippen molar-refractivity contribution in [1.82, 2.24) is 5.32 Å². The Morgan fingerprint density at radius 2 is 2.00 bits per heavy atom. The first-order valence-electron chi connectivity index (χ1n) is 5.94. The van der Waals surface area contributed by atoms with E-state index in [0.717, 1.165) is 25.7 Å². The van der Waals surface area contributed by atoms with Gasteiger partial charge in [-0.1, -0.05) is 33.1 Å². The van der Waals surface area contributed by atoms with Crippen LogP contribution in [0.1, 0.15) is 52.9 Å². The van der Waals surface area contributed by atoms with Gasteiger partial charge in [-0.15, -0.1) is 0 Å². The van der Waals surface area contributed by atoms with Crippen LogP contribution < -0.4 is 5.32 Å². The van der Waals surface area contributed by atoms with Crippen molar-refractivity contribution in [3.63, 3.8) is 0 Å². The first kappa shape index (κ1) is 14.9. The predicted molar refractivity (Wildman–Crippen MR) is 63.2 cm³/mol. The largest absolute Gasteiger partial charge is 0.481 e. The average molecular weight is 229 g/mol. The molecule has 0 fully saturated rings. The van der Waals surface area contributed by atoms with Gasteiger partial charge in [0, 0.05) is 13.0 Å². The normalized spacial score (nSPS) is 14.2. The Bertz CT molecular complexity index is 212. The van der Waals surface area contributed by atoms with Gasteiger partial charge in [0.15, 0.2) is 0 Å². The second-order valence-corrected chi connectivity index (χ2v) is 4.48. The number of carbonyl (C=O) groups excluding carboxylic acids is 1. The molecule has 2 atom stereocenters. The molecule has 0 rings (SSSR count). The molecule has 0 unspecified atom stereocenters. The lowest BCUT2D eigenvalue weighted by Crippen LogP contribution is -2.36. The zero-order valence-electron chi connectivity index (χ0n) is 10.5. The monoisotopic (exact) mass is 229 g/mol. The number of carboxylic acid groups (broad SMARTS) is 1. The van der Waals surface area contributed by atoms with Crippen LogP contribution in [0.25, 0.3) is 0 Å². The zero-order chi connectivity index (χ0) is 12.6. The van der Waals surface area contributed by atoms with Crippen LogP contribution in [-0.2, 0) is 9.59 Å². The maximum atomic E-state index is 10.9. The summed E-state index contributed by atoms with van der Waals surface area (Å²) in [5.41, 5.74) is 0. The van der Waals surface area contributed by atoms with E-state index in [4.69, 9.17) is 5.11 Å². The third-order valence-corrected chi connectivity index (χ3v) is 2.57. The van der Waals surface area contributed by atoms with E-state index in [-0.39, 0.29) is 18.4 Å². The summed E-state index contributed by atoms with van der Waals surface area (Å²) in [6.07, 6.45) is 4.14. The molecule has 0 saturated carbocycles. The summed E-state index contributed by atoms with van der Waals surface area (Å²) >= 11 is 0. The van der Waals surface area contributed by atoms with Crippen molar-refractivity contribution >= 4 is 11.9 Å². The molecular formula is C12H23NO3. The lowest BCUT2D eigenvalue weighted by atomic mass is 9.94. The summed E-state index contributed by atoms with van der Waals surface area (Å²) in [6.45, 7) is 5.66. The molecule has 94 valence electrons. The molecule has 4 heteroatoms. The highest BCUT2D eigenvalue weighted by molar-refractivity contribution is 5.74. The quantitative estimate of drug-likeness (QED) is 0.670. The van der Waals surface area contributed by atoms with E-state index < -0.39 is 5.97 Å². The molecule has 0 aliphatic rings. The van der Waals surface area contributed by atoms with E-state index in [1.165, 1.54) is 6.92 Å². The third kappa shape index (κ3) is 8.26. The Balaban J connectivity index is 4.07. The minimum atomic E-state index is -0.860. The number of aliphatic carboxylic acids is 1. The number of carbonyl (C=O) groups is 2. The Hall–Kier alpha value is -1.06. The molecule has 0 spiro atoms. The highest BCUT2D eigenvalue weighted by atomic mass is 16.4. The van der Waals surface area contributed by atoms with Crippen molar-refractivity contribution in [2.24, 2.45) is 5.92 Å². The van der Waals surface area contributed by atoms with Crippen molar-refractivity contribution in [3.05, 3.63) is 0 Å². The van der Waals surface area contributed by atoms with Gasteiger partial charge in [-0.05, 0) is 12.3 Å². The molecule has 0 aliphatic carbocycles. The van der Waals surface area contributed by atoms with Crippen LogP contribution in [-0.4, -0.2) is 23.0 Å². The summed E-state index contributed by atoms with van der Waals surface area (Å²) < 4.78 is 0. The molecular weight excluding hydrogens is 206 g/mol. The topological polar surface area (TPSA) is 66.4 Å². The van der Waals surface area contributed by atoms with Crippen LogP contribution in [0.3, 0.4) is 0 Å². The van der Waals surface area contributed by atoms with E-state index in [2.05, 4.69) is 19.2 Å². The average Bonchev–Trinajstić information content (AvgIpc) is 2.12. The fourth-order valence-corrected chi connectivity index (χ4v) is 1.85. The van der Waals surface area contributed by atoms with Gasteiger partial charge in [0.25, 0.3) is 0 Å². The van der Waals surface area contributed by atoms with Gasteiger partial charge in [0.1, 0.15) is 0 Å². The van der Waals surface area contributed by atoms with Gasteiger partial charge in [-0.25, -0.2) is 0 Å². The van der Waals surface area contributed by atoms with E-state index >= 15 is 0 Å². The SMILES string of the molecule is CCCC[C@@H](C)C[C@@H](CC(=O)O)NC(C)=O. The van der Waals surface area contributed by atoms with Crippen molar-refractivity contribution < 1.29 is 14.7 Å². The highest BCUT2D eigenvalue weighted by Gasteiger charge is 2.17. The first-order chi connectivity index (χ1) is 7.45. The second kappa shape index (κ2) is 8.13. The van der Waals surface area contributed by atoms with E-state index in [0.29, 0.717) is 5.92 Å². The van der Waals surface area contributed by atoms with Crippen LogP contribution in [0.4, 0.5) is 0 Å². The van der Waals surface area contributed by atoms with Gasteiger partial charge < -0.3 is 10.4 Å². The first-order valence-corrected chi connectivity index (χ1v) is 5.94. The van der Waals surface area contributed by atoms with Crippen LogP contribution in [0.2, 0.25) is 0 Å². The Kier molecular flexibility index (Phi) is 7.60. The Labute approximate surface area is 97.4 Å². The summed E-state index contributed by atoms with van der Waals surface area (Å²) in [6, 6.07) is -0.234. The third-order valence-electron chi connectivity index (χ3n) is 2.57. The second-order valence-electron chi connectivity index (χ2n) is 4.48. The van der Waals surface area contributed by atoms with Crippen LogP contribution in [0.5, 0.6) is 0 Å². The van der Waals surface area contributed by atoms with E-state index in [1.807, 2.05) is 0 Å². The Morgan fingerprint density at radius 3 is 2.44 bits per heavy atom. The molecule has 0 aliphatic heterocycles. The summed E-state index contributed by atoms with van der Waals surface area (Å²) in [4.78, 5) is 21.6. The molecule has 0 saturated heterocycles. The van der Waals surface area contributed by atoms with Gasteiger partial charge in [0.05, 0.1) is 6.42 Å². The molecule has 4 nitrogen and oxygen atoms in total. The lowest BCUT2D eigenvalue weighted by Gasteiger charge is -2.20. The fraction of sp³-hybridized carbons (Fsp3) is 0.833. The number of hydrogen-bond donors (Lipinski definition) is 2. The van der Waals surface area contributed by atoms with Crippen molar-refractivity contribution in [2.45, 2.75) is 58.9 Å². The minimum absolute atomic E-state index is 0.00997. The highest BCUT2D eigenvalue weighted by Crippen LogP contribution is 2.15. The molecule has 0 bridgehead atoms. The maximum Gasteiger partial charge on any atom is 0.305 e. The number of rotatable bonds is 8. The Morgan fingerprint density at radius 1 is 1.38 bits per heavy atom. The molecule has 0 radical (unpaired) electrons. The van der Waals surface area contributed by atoms with Gasteiger partial charge in [0.2, 0.25) is 5.91 Å². The van der Waals surface area contributed by atoms with Crippen LogP contribution >= 0.6 is 0 Å². The predicted octanol–water partition coefficient (Wildman–Crippen LogP) is 2.18. The molecule has 0 aromatic rings. The molecule has 16 heavy (non-hydrogen) atoms. The lowest BCUT2D eigenvalue weighted by molar-refractivity contribution is -0.137. The molecule has 0 aromatic heterocycles. The number of carboxylic acids is 1. The number of hydrogen-bond acceptors (Lipinski definition) is 2. The van der Waals surface area contributed by atoms with Gasteiger partial charge in [-0.2, -0.15) is 0 Å². The van der Waals surface area contributed by atoms with E-state index in [1.54, 1.807) is 0 Å². The zero-order valence-corrected chi connectivity index (χ0v) is 10.5. The minimum Gasteiger partial charge on any atom is -0.481 e. The smallest absolute Gasteiger partial charge is 0.305 e. The summed E-state index contributed by atoms with van der Waals surface area (Å²) in [5, 5.41) is 11.4. The van der Waals surface area contributed by atoms with Crippen molar-refractivity contribution in [1.29, 1.82) is 0 Å². The number of amides is 1. The number of unbranched alkanes of at least 4 members (excludes halogenated alkanes) is 1. The van der Waals surface area contributed by atoms with Crippen molar-refractivity contribution in [2.75, 3.05) is 0 Å². The molecule has 0 aromatic carbocycles. The number of nitrogens with one attached hydrogen (secondary N) is 1. The fourth-order valence-electron chi connectivity index (χ4n) is 1.85. The summed E-state index contributed by atoms with van der Waals surface area (Å²) in [5.74, 6) is -0.563. The molecule has 1 amide bonds. The summed E-state index contributed by atoms with van der Waals surface area (Å²) in [7, 11) is 0.